The first kappa shape index (κ1) is 18.1. The Morgan fingerprint density at radius 2 is 2.14 bits per heavy atom. The zero-order valence-corrected chi connectivity index (χ0v) is 16.0. The maximum atomic E-state index is 12.7. The topological polar surface area (TPSA) is 105 Å². The molecule has 3 heterocycles. The van der Waals surface area contributed by atoms with E-state index in [1.807, 2.05) is 53.8 Å². The highest BCUT2D eigenvalue weighted by molar-refractivity contribution is 5.74. The van der Waals surface area contributed by atoms with Crippen molar-refractivity contribution >= 4 is 6.03 Å². The normalized spacial score (nSPS) is 18.1. The Morgan fingerprint density at radius 3 is 2.89 bits per heavy atom. The number of hydrogen-bond acceptors (Lipinski definition) is 5. The number of likely N-dealkylation sites (tertiary alicyclic amines) is 1. The van der Waals surface area contributed by atoms with Gasteiger partial charge in [-0.15, -0.1) is 10.2 Å². The number of piperidine rings is 1. The van der Waals surface area contributed by atoms with Gasteiger partial charge in [-0.1, -0.05) is 30.3 Å². The first-order valence-electron chi connectivity index (χ1n) is 9.49. The average Bonchev–Trinajstić information content (AvgIpc) is 3.38. The molecule has 1 saturated heterocycles. The monoisotopic (exact) mass is 380 g/mol. The van der Waals surface area contributed by atoms with Crippen LogP contribution < -0.4 is 5.32 Å². The van der Waals surface area contributed by atoms with Gasteiger partial charge < -0.3 is 14.8 Å². The smallest absolute Gasteiger partial charge is 0.317 e. The molecule has 0 bridgehead atoms. The van der Waals surface area contributed by atoms with E-state index in [1.54, 1.807) is 6.33 Å². The second-order valence-corrected chi connectivity index (χ2v) is 7.17. The molecule has 2 amide bonds. The Morgan fingerprint density at radius 1 is 1.32 bits per heavy atom. The van der Waals surface area contributed by atoms with Gasteiger partial charge >= 0.3 is 6.03 Å². The van der Waals surface area contributed by atoms with Crippen LogP contribution >= 0.6 is 0 Å². The Balaban J connectivity index is 1.41. The number of hydrogen-bond donors (Lipinski definition) is 2. The summed E-state index contributed by atoms with van der Waals surface area (Å²) in [5.74, 6) is 2.39. The van der Waals surface area contributed by atoms with E-state index in [2.05, 4.69) is 30.7 Å². The van der Waals surface area contributed by atoms with Crippen LogP contribution in [0.2, 0.25) is 0 Å². The van der Waals surface area contributed by atoms with E-state index in [-0.39, 0.29) is 18.0 Å². The number of carbonyl (C=O) groups is 1. The molecular formula is C19H24N8O. The summed E-state index contributed by atoms with van der Waals surface area (Å²) in [5.41, 5.74) is 0.980. The van der Waals surface area contributed by atoms with Gasteiger partial charge in [-0.05, 0) is 19.8 Å². The van der Waals surface area contributed by atoms with E-state index in [0.29, 0.717) is 12.4 Å². The first-order chi connectivity index (χ1) is 13.6. The van der Waals surface area contributed by atoms with E-state index in [1.165, 1.54) is 0 Å². The molecule has 1 aliphatic heterocycles. The summed E-state index contributed by atoms with van der Waals surface area (Å²) in [7, 11) is 1.86. The van der Waals surface area contributed by atoms with Crippen molar-refractivity contribution in [2.24, 2.45) is 7.05 Å². The lowest BCUT2D eigenvalue weighted by molar-refractivity contribution is 0.175. The quantitative estimate of drug-likeness (QED) is 0.722. The zero-order chi connectivity index (χ0) is 19.5. The van der Waals surface area contributed by atoms with Crippen molar-refractivity contribution in [1.29, 1.82) is 0 Å². The number of aryl methyl sites for hydroxylation is 1. The average molecular weight is 380 g/mol. The summed E-state index contributed by atoms with van der Waals surface area (Å²) in [6, 6.07) is 9.57. The highest BCUT2D eigenvalue weighted by Crippen LogP contribution is 2.26. The molecule has 28 heavy (non-hydrogen) atoms. The molecule has 2 aromatic heterocycles. The van der Waals surface area contributed by atoms with E-state index in [9.17, 15) is 4.79 Å². The Kier molecular flexibility index (Phi) is 5.05. The second kappa shape index (κ2) is 7.79. The molecule has 0 spiro atoms. The van der Waals surface area contributed by atoms with Gasteiger partial charge in [-0.25, -0.2) is 9.78 Å². The van der Waals surface area contributed by atoms with Crippen molar-refractivity contribution in [1.82, 2.24) is 40.2 Å². The number of benzene rings is 1. The highest BCUT2D eigenvalue weighted by Gasteiger charge is 2.28. The van der Waals surface area contributed by atoms with Crippen LogP contribution in [0.5, 0.6) is 0 Å². The number of aromatic amines is 1. The van der Waals surface area contributed by atoms with Crippen molar-refractivity contribution in [3.05, 3.63) is 48.3 Å². The summed E-state index contributed by atoms with van der Waals surface area (Å²) in [6.07, 6.45) is 3.53. The minimum atomic E-state index is -0.213. The molecule has 146 valence electrons. The summed E-state index contributed by atoms with van der Waals surface area (Å²) in [4.78, 5) is 19.2. The molecule has 1 aliphatic rings. The molecule has 1 fully saturated rings. The molecule has 4 rings (SSSR count). The summed E-state index contributed by atoms with van der Waals surface area (Å²) >= 11 is 0. The molecule has 0 saturated carbocycles. The van der Waals surface area contributed by atoms with Gasteiger partial charge in [0.15, 0.2) is 11.6 Å². The molecule has 2 N–H and O–H groups in total. The molecular weight excluding hydrogens is 356 g/mol. The van der Waals surface area contributed by atoms with Crippen LogP contribution in [-0.2, 0) is 7.05 Å². The third-order valence-electron chi connectivity index (χ3n) is 5.10. The number of amides is 2. The molecule has 1 aromatic carbocycles. The molecule has 0 unspecified atom stereocenters. The summed E-state index contributed by atoms with van der Waals surface area (Å²) < 4.78 is 1.81. The maximum absolute atomic E-state index is 12.7. The van der Waals surface area contributed by atoms with Gasteiger partial charge in [0.1, 0.15) is 12.2 Å². The van der Waals surface area contributed by atoms with Gasteiger partial charge in [-0.2, -0.15) is 5.10 Å². The van der Waals surface area contributed by atoms with Gasteiger partial charge in [0.05, 0.1) is 6.04 Å². The van der Waals surface area contributed by atoms with E-state index < -0.39 is 0 Å². The first-order valence-corrected chi connectivity index (χ1v) is 9.49. The van der Waals surface area contributed by atoms with E-state index in [0.717, 1.165) is 36.6 Å². The Hall–Kier alpha value is -3.23. The van der Waals surface area contributed by atoms with E-state index >= 15 is 0 Å². The molecule has 2 atom stereocenters. The summed E-state index contributed by atoms with van der Waals surface area (Å²) in [6.45, 7) is 3.25. The van der Waals surface area contributed by atoms with Crippen molar-refractivity contribution in [2.45, 2.75) is 31.7 Å². The zero-order valence-electron chi connectivity index (χ0n) is 16.0. The van der Waals surface area contributed by atoms with Crippen LogP contribution in [0.15, 0.2) is 36.7 Å². The largest absolute Gasteiger partial charge is 0.328 e. The highest BCUT2D eigenvalue weighted by atomic mass is 16.2. The van der Waals surface area contributed by atoms with E-state index in [4.69, 9.17) is 0 Å². The number of urea groups is 1. The van der Waals surface area contributed by atoms with Crippen LogP contribution in [-0.4, -0.2) is 54.0 Å². The fraction of sp³-hybridized carbons (Fsp3) is 0.421. The van der Waals surface area contributed by atoms with Crippen LogP contribution in [0, 0.1) is 0 Å². The Bertz CT molecular complexity index is 934. The van der Waals surface area contributed by atoms with Crippen molar-refractivity contribution in [3.63, 3.8) is 0 Å². The van der Waals surface area contributed by atoms with Crippen LogP contribution in [0.3, 0.4) is 0 Å². The lowest BCUT2D eigenvalue weighted by Gasteiger charge is -2.32. The minimum Gasteiger partial charge on any atom is -0.328 e. The number of nitrogens with one attached hydrogen (secondary N) is 2. The number of rotatable bonds is 4. The van der Waals surface area contributed by atoms with Gasteiger partial charge in [0.2, 0.25) is 0 Å². The van der Waals surface area contributed by atoms with Crippen molar-refractivity contribution in [3.8, 4) is 11.4 Å². The third-order valence-corrected chi connectivity index (χ3v) is 5.10. The number of carbonyl (C=O) groups excluding carboxylic acids is 1. The standard InChI is InChI=1S/C19H24N8O/c1-13(18-25-20-12-26(18)2)21-19(28)27-10-6-9-15(11-27)17-22-16(23-24-17)14-7-4-3-5-8-14/h3-5,7-8,12-13,15H,6,9-11H2,1-2H3,(H,21,28)(H,22,23,24)/t13-,15+/m0/s1. The van der Waals surface area contributed by atoms with Crippen LogP contribution in [0.1, 0.15) is 43.4 Å². The van der Waals surface area contributed by atoms with Crippen molar-refractivity contribution < 1.29 is 4.79 Å². The van der Waals surface area contributed by atoms with Crippen LogP contribution in [0.25, 0.3) is 11.4 Å². The lowest BCUT2D eigenvalue weighted by Crippen LogP contribution is -2.46. The number of H-pyrrole nitrogens is 1. The molecule has 3 aromatic rings. The fourth-order valence-corrected chi connectivity index (χ4v) is 3.58. The van der Waals surface area contributed by atoms with Gasteiger partial charge in [-0.3, -0.25) is 5.10 Å². The fourth-order valence-electron chi connectivity index (χ4n) is 3.58. The minimum absolute atomic E-state index is 0.0944. The maximum Gasteiger partial charge on any atom is 0.317 e. The molecule has 0 radical (unpaired) electrons. The molecule has 0 aliphatic carbocycles. The van der Waals surface area contributed by atoms with Gasteiger partial charge in [0, 0.05) is 31.6 Å². The number of aromatic nitrogens is 6. The predicted molar refractivity (Wildman–Crippen MR) is 103 cm³/mol. The van der Waals surface area contributed by atoms with Crippen molar-refractivity contribution in [2.75, 3.05) is 13.1 Å². The third kappa shape index (κ3) is 3.73. The Labute approximate surface area is 163 Å². The molecule has 9 nitrogen and oxygen atoms in total. The van der Waals surface area contributed by atoms with Gasteiger partial charge in [0.25, 0.3) is 0 Å². The molecule has 9 heteroatoms. The SMILES string of the molecule is C[C@H](NC(=O)N1CCC[C@@H](c2nc(-c3ccccc3)n[nH]2)C1)c1nncn1C. The van der Waals surface area contributed by atoms with Crippen LogP contribution in [0.4, 0.5) is 4.79 Å². The number of nitrogens with zero attached hydrogens (tertiary/aromatic N) is 6. The summed E-state index contributed by atoms with van der Waals surface area (Å²) in [5, 5.41) is 18.4. The lowest BCUT2D eigenvalue weighted by atomic mass is 9.97. The second-order valence-electron chi connectivity index (χ2n) is 7.17. The predicted octanol–water partition coefficient (Wildman–Crippen LogP) is 2.25.